The summed E-state index contributed by atoms with van der Waals surface area (Å²) in [6.45, 7) is 0. The number of carbonyl (C=O) groups excluding carboxylic acids is 2. The summed E-state index contributed by atoms with van der Waals surface area (Å²) in [5, 5.41) is 7.31. The van der Waals surface area contributed by atoms with Gasteiger partial charge < -0.3 is 22.9 Å². The second-order valence-corrected chi connectivity index (χ2v) is 3.17. The van der Waals surface area contributed by atoms with E-state index in [4.69, 9.17) is 34.2 Å². The Balaban J connectivity index is 4.24. The van der Waals surface area contributed by atoms with Crippen LogP contribution in [0.25, 0.3) is 0 Å². The zero-order valence-electron chi connectivity index (χ0n) is 9.09. The summed E-state index contributed by atoms with van der Waals surface area (Å²) in [6.07, 6.45) is -0.119. The van der Waals surface area contributed by atoms with E-state index in [1.54, 1.807) is 0 Å². The normalized spacial score (nSPS) is 11.4. The van der Waals surface area contributed by atoms with E-state index in [0.717, 1.165) is 0 Å². The second-order valence-electron chi connectivity index (χ2n) is 3.17. The Kier molecular flexibility index (Phi) is 5.57. The van der Waals surface area contributed by atoms with Gasteiger partial charge in [-0.15, -0.1) is 0 Å². The number of amides is 2. The molecule has 96 valence electrons. The predicted octanol–water partition coefficient (Wildman–Crippen LogP) is -3.51. The lowest BCUT2D eigenvalue weighted by Gasteiger charge is -2.18. The van der Waals surface area contributed by atoms with E-state index in [0.29, 0.717) is 5.01 Å². The predicted molar refractivity (Wildman–Crippen MR) is 61.0 cm³/mol. The van der Waals surface area contributed by atoms with Gasteiger partial charge in [0.05, 0.1) is 6.04 Å². The number of hydrogen-bond donors (Lipinski definition) is 6. The number of guanidine groups is 2. The van der Waals surface area contributed by atoms with Crippen LogP contribution in [0.15, 0.2) is 4.99 Å². The average Bonchev–Trinajstić information content (AvgIpc) is 2.22. The summed E-state index contributed by atoms with van der Waals surface area (Å²) in [7, 11) is 0. The lowest BCUT2D eigenvalue weighted by molar-refractivity contribution is -0.129. The standard InChI is InChI=1S/C7H16N8O2/c8-3(5(17)15(13)7(11)12)1-2-4(16)14-6(9)10/h3H,1-2,8,13H2,(H3,11,12)(H4,9,10,14,16). The third kappa shape index (κ3) is 5.44. The maximum Gasteiger partial charge on any atom is 0.260 e. The molecule has 0 aliphatic heterocycles. The van der Waals surface area contributed by atoms with Gasteiger partial charge in [-0.05, 0) is 6.42 Å². The number of nitrogens with two attached hydrogens (primary N) is 5. The van der Waals surface area contributed by atoms with E-state index in [9.17, 15) is 9.59 Å². The van der Waals surface area contributed by atoms with Crippen molar-refractivity contribution in [2.45, 2.75) is 18.9 Å². The highest BCUT2D eigenvalue weighted by atomic mass is 16.2. The fraction of sp³-hybridized carbons (Fsp3) is 0.429. The fourth-order valence-corrected chi connectivity index (χ4v) is 0.900. The first kappa shape index (κ1) is 14.8. The van der Waals surface area contributed by atoms with E-state index in [2.05, 4.69) is 4.99 Å². The van der Waals surface area contributed by atoms with Crippen molar-refractivity contribution in [2.75, 3.05) is 0 Å². The van der Waals surface area contributed by atoms with Crippen LogP contribution in [-0.4, -0.2) is 34.8 Å². The molecule has 2 amide bonds. The highest BCUT2D eigenvalue weighted by Gasteiger charge is 2.21. The first-order valence-electron chi connectivity index (χ1n) is 4.56. The minimum atomic E-state index is -1.05. The van der Waals surface area contributed by atoms with Crippen LogP contribution in [0.4, 0.5) is 0 Å². The van der Waals surface area contributed by atoms with Crippen LogP contribution in [0.3, 0.4) is 0 Å². The van der Waals surface area contributed by atoms with E-state index in [1.807, 2.05) is 0 Å². The van der Waals surface area contributed by atoms with Gasteiger partial charge in [0.25, 0.3) is 5.91 Å². The number of hydrazine groups is 1. The van der Waals surface area contributed by atoms with E-state index in [-0.39, 0.29) is 18.8 Å². The fourth-order valence-electron chi connectivity index (χ4n) is 0.900. The SMILES string of the molecule is N=C(N)N(N)C(=O)C(N)CCC(=O)N=C(N)N. The first-order valence-corrected chi connectivity index (χ1v) is 4.56. The Hall–Kier alpha value is -2.20. The van der Waals surface area contributed by atoms with Crippen LogP contribution in [0.5, 0.6) is 0 Å². The molecular formula is C7H16N8O2. The van der Waals surface area contributed by atoms with E-state index >= 15 is 0 Å². The van der Waals surface area contributed by atoms with Crippen LogP contribution >= 0.6 is 0 Å². The first-order chi connectivity index (χ1) is 7.75. The number of nitrogens with zero attached hydrogens (tertiary/aromatic N) is 2. The Morgan fingerprint density at radius 1 is 1.29 bits per heavy atom. The van der Waals surface area contributed by atoms with Gasteiger partial charge >= 0.3 is 0 Å². The molecule has 0 saturated heterocycles. The maximum absolute atomic E-state index is 11.4. The molecule has 0 saturated carbocycles. The Morgan fingerprint density at radius 2 is 1.82 bits per heavy atom. The van der Waals surface area contributed by atoms with Crippen LogP contribution in [0.1, 0.15) is 12.8 Å². The molecule has 0 rings (SSSR count). The molecule has 0 aromatic heterocycles. The molecule has 1 unspecified atom stereocenters. The van der Waals surface area contributed by atoms with Crippen molar-refractivity contribution in [2.24, 2.45) is 33.8 Å². The Bertz CT molecular complexity index is 348. The van der Waals surface area contributed by atoms with Gasteiger partial charge in [-0.1, -0.05) is 0 Å². The molecule has 1 atom stereocenters. The maximum atomic E-state index is 11.4. The van der Waals surface area contributed by atoms with Gasteiger partial charge in [0, 0.05) is 6.42 Å². The topological polar surface area (TPSA) is 204 Å². The average molecular weight is 244 g/mol. The molecule has 0 aromatic carbocycles. The molecule has 11 N–H and O–H groups in total. The molecule has 0 fully saturated rings. The zero-order valence-corrected chi connectivity index (χ0v) is 9.09. The summed E-state index contributed by atoms with van der Waals surface area (Å²) in [4.78, 5) is 25.7. The molecule has 0 radical (unpaired) electrons. The summed E-state index contributed by atoms with van der Waals surface area (Å²) in [6, 6.07) is -1.05. The number of nitrogens with one attached hydrogen (secondary N) is 1. The van der Waals surface area contributed by atoms with Gasteiger partial charge in [0.15, 0.2) is 5.96 Å². The monoisotopic (exact) mass is 244 g/mol. The van der Waals surface area contributed by atoms with Crippen LogP contribution < -0.4 is 28.8 Å². The minimum Gasteiger partial charge on any atom is -0.370 e. The Morgan fingerprint density at radius 3 is 2.24 bits per heavy atom. The van der Waals surface area contributed by atoms with E-state index in [1.165, 1.54) is 0 Å². The van der Waals surface area contributed by atoms with Crippen LogP contribution in [-0.2, 0) is 9.59 Å². The number of rotatable bonds is 4. The molecule has 10 nitrogen and oxygen atoms in total. The molecule has 0 aliphatic rings. The van der Waals surface area contributed by atoms with Crippen molar-refractivity contribution in [1.29, 1.82) is 5.41 Å². The minimum absolute atomic E-state index is 0.00454. The van der Waals surface area contributed by atoms with E-state index < -0.39 is 23.8 Å². The van der Waals surface area contributed by atoms with Crippen LogP contribution in [0, 0.1) is 5.41 Å². The lowest BCUT2D eigenvalue weighted by Crippen LogP contribution is -2.53. The highest BCUT2D eigenvalue weighted by molar-refractivity contribution is 5.97. The van der Waals surface area contributed by atoms with Gasteiger partial charge in [-0.3, -0.25) is 15.0 Å². The molecule has 0 heterocycles. The molecule has 0 bridgehead atoms. The summed E-state index contributed by atoms with van der Waals surface area (Å²) in [5.74, 6) is 2.78. The smallest absolute Gasteiger partial charge is 0.260 e. The number of carbonyl (C=O) groups is 2. The Labute approximate surface area is 97.3 Å². The summed E-state index contributed by atoms with van der Waals surface area (Å²) >= 11 is 0. The lowest BCUT2D eigenvalue weighted by atomic mass is 10.1. The molecule has 0 spiro atoms. The number of hydrogen-bond acceptors (Lipinski definition) is 5. The zero-order chi connectivity index (χ0) is 13.6. The molecule has 0 aromatic rings. The third-order valence-corrected chi connectivity index (χ3v) is 1.74. The van der Waals surface area contributed by atoms with Gasteiger partial charge in [-0.2, -0.15) is 4.99 Å². The third-order valence-electron chi connectivity index (χ3n) is 1.74. The highest BCUT2D eigenvalue weighted by Crippen LogP contribution is 1.99. The second kappa shape index (κ2) is 6.40. The summed E-state index contributed by atoms with van der Waals surface area (Å²) in [5.41, 5.74) is 20.4. The van der Waals surface area contributed by atoms with Crippen molar-refractivity contribution in [1.82, 2.24) is 5.01 Å². The van der Waals surface area contributed by atoms with Crippen LogP contribution in [0.2, 0.25) is 0 Å². The van der Waals surface area contributed by atoms with Crippen molar-refractivity contribution in [3.63, 3.8) is 0 Å². The largest absolute Gasteiger partial charge is 0.370 e. The van der Waals surface area contributed by atoms with Crippen molar-refractivity contribution < 1.29 is 9.59 Å². The van der Waals surface area contributed by atoms with Gasteiger partial charge in [-0.25, -0.2) is 10.9 Å². The summed E-state index contributed by atoms with van der Waals surface area (Å²) < 4.78 is 0. The van der Waals surface area contributed by atoms with Crippen molar-refractivity contribution in [3.8, 4) is 0 Å². The van der Waals surface area contributed by atoms with Crippen molar-refractivity contribution >= 4 is 23.7 Å². The molecular weight excluding hydrogens is 228 g/mol. The number of aliphatic imine (C=N–C) groups is 1. The van der Waals surface area contributed by atoms with Crippen molar-refractivity contribution in [3.05, 3.63) is 0 Å². The quantitative estimate of drug-likeness (QED) is 0.0965. The molecule has 17 heavy (non-hydrogen) atoms. The van der Waals surface area contributed by atoms with Gasteiger partial charge in [0.2, 0.25) is 11.9 Å². The molecule has 0 aliphatic carbocycles. The van der Waals surface area contributed by atoms with Gasteiger partial charge in [0.1, 0.15) is 0 Å². The molecule has 10 heteroatoms.